The summed E-state index contributed by atoms with van der Waals surface area (Å²) in [4.78, 5) is 0. The van der Waals surface area contributed by atoms with E-state index in [1.165, 1.54) is 5.56 Å². The van der Waals surface area contributed by atoms with E-state index in [1.54, 1.807) is 0 Å². The lowest BCUT2D eigenvalue weighted by Crippen LogP contribution is -2.50. The lowest BCUT2D eigenvalue weighted by Gasteiger charge is -2.28. The first-order chi connectivity index (χ1) is 7.05. The Morgan fingerprint density at radius 2 is 2.00 bits per heavy atom. The molecule has 0 amide bonds. The van der Waals surface area contributed by atoms with Crippen LogP contribution >= 0.6 is 0 Å². The summed E-state index contributed by atoms with van der Waals surface area (Å²) < 4.78 is 5.82. The summed E-state index contributed by atoms with van der Waals surface area (Å²) in [5.74, 6) is 0.994. The zero-order valence-corrected chi connectivity index (χ0v) is 9.71. The largest absolute Gasteiger partial charge is 0.488 e. The minimum atomic E-state index is 0.192. The molecule has 1 saturated heterocycles. The Bertz CT molecular complexity index is 337. The Kier molecular flexibility index (Phi) is 2.70. The Morgan fingerprint density at radius 1 is 1.27 bits per heavy atom. The maximum atomic E-state index is 5.82. The fraction of sp³-hybridized carbons (Fsp3) is 0.538. The van der Waals surface area contributed by atoms with Crippen LogP contribution in [0, 0.1) is 0 Å². The highest BCUT2D eigenvalue weighted by Gasteiger charge is 2.19. The molecule has 0 spiro atoms. The standard InChI is InChI=1S/C13H19NO/c1-13(2,3)10-5-4-6-11(7-10)15-12-8-14-9-12/h4-7,12,14H,8-9H2,1-3H3. The van der Waals surface area contributed by atoms with Gasteiger partial charge in [-0.3, -0.25) is 0 Å². The molecule has 1 aromatic carbocycles. The molecule has 15 heavy (non-hydrogen) atoms. The first-order valence-electron chi connectivity index (χ1n) is 5.53. The van der Waals surface area contributed by atoms with Crippen LogP contribution in [-0.2, 0) is 5.41 Å². The van der Waals surface area contributed by atoms with E-state index in [2.05, 4.69) is 44.3 Å². The first kappa shape index (κ1) is 10.5. The Labute approximate surface area is 91.6 Å². The molecule has 0 unspecified atom stereocenters. The third kappa shape index (κ3) is 2.51. The summed E-state index contributed by atoms with van der Waals surface area (Å²) in [6.45, 7) is 8.60. The maximum Gasteiger partial charge on any atom is 0.123 e. The average molecular weight is 205 g/mol. The van der Waals surface area contributed by atoms with E-state index < -0.39 is 0 Å². The third-order valence-corrected chi connectivity index (χ3v) is 2.75. The van der Waals surface area contributed by atoms with Crippen LogP contribution in [0.5, 0.6) is 5.75 Å². The minimum absolute atomic E-state index is 0.192. The van der Waals surface area contributed by atoms with Crippen LogP contribution < -0.4 is 10.1 Å². The zero-order chi connectivity index (χ0) is 10.9. The van der Waals surface area contributed by atoms with Crippen molar-refractivity contribution in [2.24, 2.45) is 0 Å². The van der Waals surface area contributed by atoms with Crippen LogP contribution in [0.15, 0.2) is 24.3 Å². The third-order valence-electron chi connectivity index (χ3n) is 2.75. The number of hydrogen-bond donors (Lipinski definition) is 1. The molecule has 1 aliphatic rings. The van der Waals surface area contributed by atoms with Crippen molar-refractivity contribution in [2.75, 3.05) is 13.1 Å². The van der Waals surface area contributed by atoms with Gasteiger partial charge in [-0.25, -0.2) is 0 Å². The second-order valence-electron chi connectivity index (χ2n) is 5.18. The fourth-order valence-corrected chi connectivity index (χ4v) is 1.57. The molecule has 1 N–H and O–H groups in total. The lowest BCUT2D eigenvalue weighted by atomic mass is 9.87. The highest BCUT2D eigenvalue weighted by Crippen LogP contribution is 2.26. The van der Waals surface area contributed by atoms with Crippen LogP contribution in [0.1, 0.15) is 26.3 Å². The number of hydrogen-bond acceptors (Lipinski definition) is 2. The Hall–Kier alpha value is -1.02. The van der Waals surface area contributed by atoms with Crippen molar-refractivity contribution < 1.29 is 4.74 Å². The summed E-state index contributed by atoms with van der Waals surface area (Å²) in [5, 5.41) is 3.20. The van der Waals surface area contributed by atoms with Crippen LogP contribution in [-0.4, -0.2) is 19.2 Å². The van der Waals surface area contributed by atoms with Crippen molar-refractivity contribution in [3.63, 3.8) is 0 Å². The number of ether oxygens (including phenoxy) is 1. The molecule has 2 heteroatoms. The van der Waals surface area contributed by atoms with Gasteiger partial charge in [0.15, 0.2) is 0 Å². The number of rotatable bonds is 2. The van der Waals surface area contributed by atoms with Crippen molar-refractivity contribution in [1.82, 2.24) is 5.32 Å². The average Bonchev–Trinajstić information content (AvgIpc) is 2.11. The van der Waals surface area contributed by atoms with Gasteiger partial charge < -0.3 is 10.1 Å². The van der Waals surface area contributed by atoms with Crippen molar-refractivity contribution in [3.05, 3.63) is 29.8 Å². The van der Waals surface area contributed by atoms with Crippen LogP contribution in [0.3, 0.4) is 0 Å². The van der Waals surface area contributed by atoms with Gasteiger partial charge >= 0.3 is 0 Å². The van der Waals surface area contributed by atoms with Gasteiger partial charge in [-0.1, -0.05) is 32.9 Å². The van der Waals surface area contributed by atoms with Gasteiger partial charge in [-0.15, -0.1) is 0 Å². The van der Waals surface area contributed by atoms with E-state index >= 15 is 0 Å². The Morgan fingerprint density at radius 3 is 2.53 bits per heavy atom. The smallest absolute Gasteiger partial charge is 0.123 e. The summed E-state index contributed by atoms with van der Waals surface area (Å²) in [7, 11) is 0. The minimum Gasteiger partial charge on any atom is -0.488 e. The molecule has 82 valence electrons. The van der Waals surface area contributed by atoms with Gasteiger partial charge in [-0.2, -0.15) is 0 Å². The van der Waals surface area contributed by atoms with Crippen LogP contribution in [0.2, 0.25) is 0 Å². The van der Waals surface area contributed by atoms with E-state index in [4.69, 9.17) is 4.74 Å². The molecule has 0 radical (unpaired) electrons. The topological polar surface area (TPSA) is 21.3 Å². The van der Waals surface area contributed by atoms with E-state index in [0.717, 1.165) is 18.8 Å². The molecular weight excluding hydrogens is 186 g/mol. The summed E-state index contributed by atoms with van der Waals surface area (Å²) in [6.07, 6.45) is 0.361. The second kappa shape index (κ2) is 3.86. The Balaban J connectivity index is 2.11. The number of nitrogens with one attached hydrogen (secondary N) is 1. The first-order valence-corrected chi connectivity index (χ1v) is 5.53. The highest BCUT2D eigenvalue weighted by molar-refractivity contribution is 5.32. The molecule has 0 aromatic heterocycles. The predicted octanol–water partition coefficient (Wildman–Crippen LogP) is 2.33. The van der Waals surface area contributed by atoms with E-state index in [1.807, 2.05) is 6.07 Å². The summed E-state index contributed by atoms with van der Waals surface area (Å²) in [6, 6.07) is 8.42. The molecular formula is C13H19NO. The van der Waals surface area contributed by atoms with Gasteiger partial charge in [0.25, 0.3) is 0 Å². The molecule has 0 bridgehead atoms. The highest BCUT2D eigenvalue weighted by atomic mass is 16.5. The predicted molar refractivity (Wildman–Crippen MR) is 62.4 cm³/mol. The zero-order valence-electron chi connectivity index (χ0n) is 9.71. The quantitative estimate of drug-likeness (QED) is 0.800. The van der Waals surface area contributed by atoms with Gasteiger partial charge in [0.1, 0.15) is 11.9 Å². The van der Waals surface area contributed by atoms with Crippen molar-refractivity contribution >= 4 is 0 Å². The maximum absolute atomic E-state index is 5.82. The summed E-state index contributed by atoms with van der Waals surface area (Å²) in [5.41, 5.74) is 1.52. The molecule has 1 aromatic rings. The van der Waals surface area contributed by atoms with Gasteiger partial charge in [0, 0.05) is 13.1 Å². The van der Waals surface area contributed by atoms with E-state index in [-0.39, 0.29) is 5.41 Å². The summed E-state index contributed by atoms with van der Waals surface area (Å²) >= 11 is 0. The fourth-order valence-electron chi connectivity index (χ4n) is 1.57. The molecule has 1 heterocycles. The molecule has 1 aliphatic heterocycles. The van der Waals surface area contributed by atoms with Crippen LogP contribution in [0.25, 0.3) is 0 Å². The molecule has 0 saturated carbocycles. The molecule has 1 fully saturated rings. The van der Waals surface area contributed by atoms with Crippen molar-refractivity contribution in [2.45, 2.75) is 32.3 Å². The normalized spacial score (nSPS) is 17.3. The molecule has 0 aliphatic carbocycles. The van der Waals surface area contributed by atoms with Crippen molar-refractivity contribution in [1.29, 1.82) is 0 Å². The second-order valence-corrected chi connectivity index (χ2v) is 5.18. The monoisotopic (exact) mass is 205 g/mol. The van der Waals surface area contributed by atoms with Gasteiger partial charge in [0.05, 0.1) is 0 Å². The molecule has 2 nitrogen and oxygen atoms in total. The lowest BCUT2D eigenvalue weighted by molar-refractivity contribution is 0.142. The van der Waals surface area contributed by atoms with Crippen molar-refractivity contribution in [3.8, 4) is 5.75 Å². The van der Waals surface area contributed by atoms with Gasteiger partial charge in [0.2, 0.25) is 0 Å². The molecule has 2 rings (SSSR count). The van der Waals surface area contributed by atoms with Gasteiger partial charge in [-0.05, 0) is 23.1 Å². The molecule has 0 atom stereocenters. The number of benzene rings is 1. The van der Waals surface area contributed by atoms with E-state index in [9.17, 15) is 0 Å². The van der Waals surface area contributed by atoms with Crippen LogP contribution in [0.4, 0.5) is 0 Å². The van der Waals surface area contributed by atoms with E-state index in [0.29, 0.717) is 6.10 Å². The SMILES string of the molecule is CC(C)(C)c1cccc(OC2CNC2)c1.